The van der Waals surface area contributed by atoms with E-state index in [1.54, 1.807) is 6.07 Å². The zero-order chi connectivity index (χ0) is 25.9. The Balaban J connectivity index is 1.07. The molecule has 2 nitrogen and oxygen atoms in total. The molecule has 37 heavy (non-hydrogen) atoms. The van der Waals surface area contributed by atoms with E-state index >= 15 is 0 Å². The van der Waals surface area contributed by atoms with Crippen molar-refractivity contribution in [2.45, 2.75) is 103 Å². The zero-order valence-electron chi connectivity index (χ0n) is 23.0. The normalized spacial score (nSPS) is 20.6. The maximum atomic E-state index is 14.8. The number of unbranched alkanes of at least 4 members (excludes halogenated alkanes) is 3. The van der Waals surface area contributed by atoms with E-state index in [9.17, 15) is 4.39 Å². The van der Waals surface area contributed by atoms with Crippen molar-refractivity contribution in [1.82, 2.24) is 0 Å². The molecule has 0 unspecified atom stereocenters. The van der Waals surface area contributed by atoms with Gasteiger partial charge in [-0.05, 0) is 132 Å². The van der Waals surface area contributed by atoms with Gasteiger partial charge in [0, 0.05) is 0 Å². The molecule has 4 rings (SSSR count). The van der Waals surface area contributed by atoms with Gasteiger partial charge in [0.2, 0.25) is 0 Å². The summed E-state index contributed by atoms with van der Waals surface area (Å²) in [6.07, 6.45) is 17.1. The molecular weight excluding hydrogens is 459 g/mol. The molecule has 2 aliphatic rings. The predicted octanol–water partition coefficient (Wildman–Crippen LogP) is 9.95. The van der Waals surface area contributed by atoms with Crippen LogP contribution in [0.5, 0.6) is 11.5 Å². The highest BCUT2D eigenvalue weighted by molar-refractivity contribution is 5.31. The van der Waals surface area contributed by atoms with Crippen LogP contribution < -0.4 is 9.47 Å². The average Bonchev–Trinajstić information content (AvgIpc) is 2.92. The molecular formula is C34H47FO2. The number of aryl methyl sites for hydroxylation is 1. The Morgan fingerprint density at radius 2 is 1.38 bits per heavy atom. The van der Waals surface area contributed by atoms with Crippen LogP contribution in [0, 0.1) is 24.6 Å². The van der Waals surface area contributed by atoms with Gasteiger partial charge in [0.1, 0.15) is 5.75 Å². The summed E-state index contributed by atoms with van der Waals surface area (Å²) in [5.74, 6) is 3.41. The molecule has 0 radical (unpaired) electrons. The van der Waals surface area contributed by atoms with E-state index < -0.39 is 0 Å². The largest absolute Gasteiger partial charge is 0.494 e. The van der Waals surface area contributed by atoms with Gasteiger partial charge in [-0.15, -0.1) is 0 Å². The minimum absolute atomic E-state index is 0.204. The molecule has 202 valence electrons. The molecule has 0 aromatic heterocycles. The highest BCUT2D eigenvalue weighted by Gasteiger charge is 2.24. The van der Waals surface area contributed by atoms with Crippen LogP contribution in [-0.4, -0.2) is 13.2 Å². The molecule has 0 saturated heterocycles. The second-order valence-electron chi connectivity index (χ2n) is 11.6. The third kappa shape index (κ3) is 9.20. The van der Waals surface area contributed by atoms with Crippen LogP contribution in [0.1, 0.15) is 107 Å². The Bertz CT molecular complexity index is 948. The van der Waals surface area contributed by atoms with Gasteiger partial charge >= 0.3 is 0 Å². The monoisotopic (exact) mass is 506 g/mol. The van der Waals surface area contributed by atoms with Crippen molar-refractivity contribution in [3.63, 3.8) is 0 Å². The topological polar surface area (TPSA) is 18.5 Å². The number of ether oxygens (including phenoxy) is 2. The third-order valence-electron chi connectivity index (χ3n) is 8.66. The molecule has 2 saturated carbocycles. The van der Waals surface area contributed by atoms with Gasteiger partial charge in [-0.25, -0.2) is 4.39 Å². The van der Waals surface area contributed by atoms with E-state index in [2.05, 4.69) is 31.7 Å². The quantitative estimate of drug-likeness (QED) is 0.199. The summed E-state index contributed by atoms with van der Waals surface area (Å²) in [5.41, 5.74) is 3.85. The van der Waals surface area contributed by atoms with Gasteiger partial charge in [-0.3, -0.25) is 0 Å². The van der Waals surface area contributed by atoms with Crippen LogP contribution in [0.2, 0.25) is 0 Å². The van der Waals surface area contributed by atoms with Gasteiger partial charge < -0.3 is 9.47 Å². The van der Waals surface area contributed by atoms with Crippen LogP contribution in [0.15, 0.2) is 54.6 Å². The standard InChI is InChI=1S/C34H47FO2/c1-26-7-11-28(12-8-26)13-14-29-15-17-30(18-16-29)31-19-22-34(33(35)25-31)37-24-6-4-3-5-23-36-32-20-9-27(2)10-21-32/h9-10,19-22,25,28-30H,1,3-8,11-18,23-24H2,2H3. The van der Waals surface area contributed by atoms with Crippen LogP contribution in [0.3, 0.4) is 0 Å². The first-order valence-corrected chi connectivity index (χ1v) is 14.8. The summed E-state index contributed by atoms with van der Waals surface area (Å²) in [6, 6.07) is 13.9. The molecule has 0 spiro atoms. The van der Waals surface area contributed by atoms with E-state index in [0.29, 0.717) is 18.3 Å². The van der Waals surface area contributed by atoms with E-state index in [4.69, 9.17) is 9.47 Å². The minimum atomic E-state index is -0.204. The smallest absolute Gasteiger partial charge is 0.165 e. The van der Waals surface area contributed by atoms with Crippen molar-refractivity contribution < 1.29 is 13.9 Å². The molecule has 0 atom stereocenters. The summed E-state index contributed by atoms with van der Waals surface area (Å²) < 4.78 is 26.3. The number of rotatable bonds is 13. The second kappa shape index (κ2) is 14.6. The first-order valence-electron chi connectivity index (χ1n) is 14.8. The maximum Gasteiger partial charge on any atom is 0.165 e. The van der Waals surface area contributed by atoms with Crippen molar-refractivity contribution in [2.75, 3.05) is 13.2 Å². The van der Waals surface area contributed by atoms with E-state index in [1.165, 1.54) is 75.3 Å². The number of benzene rings is 2. The second-order valence-corrected chi connectivity index (χ2v) is 11.6. The van der Waals surface area contributed by atoms with Crippen molar-refractivity contribution in [3.8, 4) is 11.5 Å². The fraction of sp³-hybridized carbons (Fsp3) is 0.588. The van der Waals surface area contributed by atoms with Gasteiger partial charge in [0.25, 0.3) is 0 Å². The third-order valence-corrected chi connectivity index (χ3v) is 8.66. The van der Waals surface area contributed by atoms with E-state index in [0.717, 1.165) is 55.4 Å². The lowest BCUT2D eigenvalue weighted by Crippen LogP contribution is -2.16. The fourth-order valence-corrected chi connectivity index (χ4v) is 6.08. The zero-order valence-corrected chi connectivity index (χ0v) is 23.0. The van der Waals surface area contributed by atoms with Crippen LogP contribution in [-0.2, 0) is 0 Å². The lowest BCUT2D eigenvalue weighted by molar-refractivity contribution is 0.270. The molecule has 2 aliphatic carbocycles. The molecule has 0 amide bonds. The molecule has 2 fully saturated rings. The Morgan fingerprint density at radius 3 is 2.03 bits per heavy atom. The first-order chi connectivity index (χ1) is 18.1. The summed E-state index contributed by atoms with van der Waals surface area (Å²) in [6.45, 7) is 7.53. The van der Waals surface area contributed by atoms with Gasteiger partial charge in [-0.2, -0.15) is 0 Å². The molecule has 0 N–H and O–H groups in total. The van der Waals surface area contributed by atoms with Crippen molar-refractivity contribution in [2.24, 2.45) is 11.8 Å². The summed E-state index contributed by atoms with van der Waals surface area (Å²) >= 11 is 0. The SMILES string of the molecule is C=C1CCC(CCC2CCC(c3ccc(OCCCCCCOc4ccc(C)cc4)c(F)c3)CC2)CC1. The Morgan fingerprint density at radius 1 is 0.757 bits per heavy atom. The van der Waals surface area contributed by atoms with Crippen LogP contribution >= 0.6 is 0 Å². The van der Waals surface area contributed by atoms with Crippen molar-refractivity contribution in [3.05, 3.63) is 71.6 Å². The minimum Gasteiger partial charge on any atom is -0.494 e. The van der Waals surface area contributed by atoms with Crippen molar-refractivity contribution in [1.29, 1.82) is 0 Å². The summed E-state index contributed by atoms with van der Waals surface area (Å²) in [7, 11) is 0. The summed E-state index contributed by atoms with van der Waals surface area (Å²) in [4.78, 5) is 0. The first kappa shape index (κ1) is 27.7. The lowest BCUT2D eigenvalue weighted by atomic mass is 9.75. The Labute approximate surface area is 224 Å². The molecule has 0 aliphatic heterocycles. The predicted molar refractivity (Wildman–Crippen MR) is 152 cm³/mol. The van der Waals surface area contributed by atoms with Gasteiger partial charge in [0.05, 0.1) is 13.2 Å². The van der Waals surface area contributed by atoms with Crippen LogP contribution in [0.25, 0.3) is 0 Å². The highest BCUT2D eigenvalue weighted by Crippen LogP contribution is 2.40. The average molecular weight is 507 g/mol. The highest BCUT2D eigenvalue weighted by atomic mass is 19.1. The lowest BCUT2D eigenvalue weighted by Gasteiger charge is -2.31. The molecule has 2 aromatic carbocycles. The molecule has 2 aromatic rings. The van der Waals surface area contributed by atoms with Gasteiger partial charge in [0.15, 0.2) is 11.6 Å². The van der Waals surface area contributed by atoms with Crippen LogP contribution in [0.4, 0.5) is 4.39 Å². The molecule has 3 heteroatoms. The van der Waals surface area contributed by atoms with E-state index in [-0.39, 0.29) is 5.82 Å². The number of hydrogen-bond acceptors (Lipinski definition) is 2. The number of halogens is 1. The molecule has 0 heterocycles. The number of allylic oxidation sites excluding steroid dienone is 1. The molecule has 0 bridgehead atoms. The fourth-order valence-electron chi connectivity index (χ4n) is 6.08. The summed E-state index contributed by atoms with van der Waals surface area (Å²) in [5, 5.41) is 0. The Hall–Kier alpha value is -2.29. The van der Waals surface area contributed by atoms with Gasteiger partial charge in [-0.1, -0.05) is 48.8 Å². The Kier molecular flexibility index (Phi) is 10.9. The number of hydrogen-bond donors (Lipinski definition) is 0. The van der Waals surface area contributed by atoms with E-state index in [1.807, 2.05) is 18.2 Å². The van der Waals surface area contributed by atoms with Crippen molar-refractivity contribution >= 4 is 0 Å². The maximum absolute atomic E-state index is 14.8.